The Morgan fingerprint density at radius 2 is 1.97 bits per heavy atom. The van der Waals surface area contributed by atoms with Crippen LogP contribution in [0.25, 0.3) is 11.3 Å². The van der Waals surface area contributed by atoms with Gasteiger partial charge in [-0.25, -0.2) is 23.1 Å². The Hall–Kier alpha value is -3.18. The van der Waals surface area contributed by atoms with Crippen molar-refractivity contribution in [3.05, 3.63) is 57.8 Å². The van der Waals surface area contributed by atoms with Crippen LogP contribution in [0.15, 0.2) is 29.8 Å². The monoisotopic (exact) mass is 524 g/mol. The van der Waals surface area contributed by atoms with Gasteiger partial charge in [-0.1, -0.05) is 11.6 Å². The van der Waals surface area contributed by atoms with E-state index in [9.17, 15) is 22.8 Å². The first kappa shape index (κ1) is 24.9. The first-order valence-electron chi connectivity index (χ1n) is 10.8. The number of hydrogen-bond donors (Lipinski definition) is 1. The summed E-state index contributed by atoms with van der Waals surface area (Å²) in [5.74, 6) is -4.63. The standard InChI is InChI=1S/C23H20ClF3N4O3S/c1-2-34-22(33)12-5-7-31(8-6-12)20-15(24)9-13(10-28-20)21(32)30-23-29-17(11-35-23)14-3-4-16(25)19(27)18(14)26/h3-4,9-12H,2,5-8H2,1H3,(H,29,30,32). The van der Waals surface area contributed by atoms with Crippen LogP contribution < -0.4 is 10.2 Å². The van der Waals surface area contributed by atoms with Gasteiger partial charge in [0.05, 0.1) is 28.8 Å². The fraction of sp³-hybridized carbons (Fsp3) is 0.304. The minimum Gasteiger partial charge on any atom is -0.466 e. The minimum absolute atomic E-state index is 0.0550. The first-order chi connectivity index (χ1) is 16.8. The summed E-state index contributed by atoms with van der Waals surface area (Å²) in [6.45, 7) is 3.27. The number of amides is 1. The number of anilines is 2. The predicted octanol–water partition coefficient (Wildman–Crippen LogP) is 5.31. The van der Waals surface area contributed by atoms with E-state index < -0.39 is 23.4 Å². The van der Waals surface area contributed by atoms with Crippen molar-refractivity contribution in [1.29, 1.82) is 0 Å². The molecule has 35 heavy (non-hydrogen) atoms. The normalized spacial score (nSPS) is 14.1. The van der Waals surface area contributed by atoms with Gasteiger partial charge in [-0.2, -0.15) is 0 Å². The van der Waals surface area contributed by atoms with Gasteiger partial charge < -0.3 is 9.64 Å². The SMILES string of the molecule is CCOC(=O)C1CCN(c2ncc(C(=O)Nc3nc(-c4ccc(F)c(F)c4F)cs3)cc2Cl)CC1. The minimum atomic E-state index is -1.59. The Morgan fingerprint density at radius 3 is 2.66 bits per heavy atom. The molecule has 0 bridgehead atoms. The number of nitrogens with one attached hydrogen (secondary N) is 1. The predicted molar refractivity (Wildman–Crippen MR) is 126 cm³/mol. The summed E-state index contributed by atoms with van der Waals surface area (Å²) in [5.41, 5.74) is 0.0109. The number of carbonyl (C=O) groups is 2. The summed E-state index contributed by atoms with van der Waals surface area (Å²) >= 11 is 7.39. The highest BCUT2D eigenvalue weighted by molar-refractivity contribution is 7.14. The fourth-order valence-corrected chi connectivity index (χ4v) is 4.71. The molecule has 12 heteroatoms. The van der Waals surface area contributed by atoms with E-state index in [-0.39, 0.29) is 38.9 Å². The number of pyridine rings is 1. The maximum atomic E-state index is 14.0. The number of hydrogen-bond acceptors (Lipinski definition) is 7. The maximum Gasteiger partial charge on any atom is 0.309 e. The van der Waals surface area contributed by atoms with Gasteiger partial charge in [0.2, 0.25) is 0 Å². The lowest BCUT2D eigenvalue weighted by Gasteiger charge is -2.32. The van der Waals surface area contributed by atoms with E-state index in [1.54, 1.807) is 6.92 Å². The lowest BCUT2D eigenvalue weighted by Crippen LogP contribution is -2.37. The first-order valence-corrected chi connectivity index (χ1v) is 12.0. The molecule has 0 unspecified atom stereocenters. The van der Waals surface area contributed by atoms with Crippen LogP contribution in [0.3, 0.4) is 0 Å². The van der Waals surface area contributed by atoms with Gasteiger partial charge in [-0.05, 0) is 38.0 Å². The number of carbonyl (C=O) groups excluding carboxylic acids is 2. The van der Waals surface area contributed by atoms with Gasteiger partial charge in [0.1, 0.15) is 5.82 Å². The molecule has 1 amide bonds. The number of aromatic nitrogens is 2. The summed E-state index contributed by atoms with van der Waals surface area (Å²) in [7, 11) is 0. The number of nitrogens with zero attached hydrogens (tertiary/aromatic N) is 3. The topological polar surface area (TPSA) is 84.4 Å². The molecule has 2 aromatic heterocycles. The lowest BCUT2D eigenvalue weighted by atomic mass is 9.97. The zero-order valence-electron chi connectivity index (χ0n) is 18.5. The quantitative estimate of drug-likeness (QED) is 0.347. The van der Waals surface area contributed by atoms with Crippen LogP contribution in [0, 0.1) is 23.4 Å². The molecular formula is C23H20ClF3N4O3S. The van der Waals surface area contributed by atoms with Crippen LogP contribution in [0.4, 0.5) is 24.1 Å². The van der Waals surface area contributed by atoms with E-state index in [0.29, 0.717) is 38.4 Å². The average molecular weight is 525 g/mol. The van der Waals surface area contributed by atoms with Crippen LogP contribution in [0.2, 0.25) is 5.02 Å². The number of rotatable bonds is 6. The van der Waals surface area contributed by atoms with E-state index in [4.69, 9.17) is 16.3 Å². The smallest absolute Gasteiger partial charge is 0.309 e. The largest absolute Gasteiger partial charge is 0.466 e. The molecule has 0 atom stereocenters. The summed E-state index contributed by atoms with van der Waals surface area (Å²) in [4.78, 5) is 34.9. The molecule has 0 radical (unpaired) electrons. The van der Waals surface area contributed by atoms with Crippen molar-refractivity contribution < 1.29 is 27.5 Å². The van der Waals surface area contributed by atoms with E-state index in [2.05, 4.69) is 15.3 Å². The molecule has 3 heterocycles. The number of piperidine rings is 1. The second-order valence-electron chi connectivity index (χ2n) is 7.76. The number of benzene rings is 1. The maximum absolute atomic E-state index is 14.0. The number of halogens is 4. The third-order valence-electron chi connectivity index (χ3n) is 5.53. The Kier molecular flexibility index (Phi) is 7.56. The van der Waals surface area contributed by atoms with Gasteiger partial charge >= 0.3 is 5.97 Å². The zero-order chi connectivity index (χ0) is 25.1. The lowest BCUT2D eigenvalue weighted by molar-refractivity contribution is -0.148. The Bertz CT molecular complexity index is 1260. The number of esters is 1. The fourth-order valence-electron chi connectivity index (χ4n) is 3.72. The molecule has 0 saturated carbocycles. The molecule has 1 saturated heterocycles. The van der Waals surface area contributed by atoms with Gasteiger partial charge in [-0.3, -0.25) is 14.9 Å². The molecule has 7 nitrogen and oxygen atoms in total. The second-order valence-corrected chi connectivity index (χ2v) is 9.02. The molecule has 4 rings (SSSR count). The van der Waals surface area contributed by atoms with Crippen LogP contribution in [0.1, 0.15) is 30.1 Å². The van der Waals surface area contributed by atoms with Crippen molar-refractivity contribution in [3.63, 3.8) is 0 Å². The third-order valence-corrected chi connectivity index (χ3v) is 6.57. The Labute approximate surface area is 207 Å². The van der Waals surface area contributed by atoms with Crippen LogP contribution >= 0.6 is 22.9 Å². The highest BCUT2D eigenvalue weighted by Gasteiger charge is 2.28. The Balaban J connectivity index is 1.41. The van der Waals surface area contributed by atoms with Crippen LogP contribution in [-0.4, -0.2) is 41.5 Å². The molecule has 1 N–H and O–H groups in total. The van der Waals surface area contributed by atoms with E-state index in [1.807, 2.05) is 4.90 Å². The number of ether oxygens (including phenoxy) is 1. The molecule has 1 fully saturated rings. The van der Waals surface area contributed by atoms with E-state index >= 15 is 0 Å². The van der Waals surface area contributed by atoms with Crippen LogP contribution in [-0.2, 0) is 9.53 Å². The van der Waals surface area contributed by atoms with Gasteiger partial charge in [-0.15, -0.1) is 11.3 Å². The third kappa shape index (κ3) is 5.40. The molecule has 3 aromatic rings. The molecular weight excluding hydrogens is 505 g/mol. The van der Waals surface area contributed by atoms with Crippen LogP contribution in [0.5, 0.6) is 0 Å². The van der Waals surface area contributed by atoms with Crippen molar-refractivity contribution in [2.24, 2.45) is 5.92 Å². The van der Waals surface area contributed by atoms with Crippen molar-refractivity contribution in [1.82, 2.24) is 9.97 Å². The van der Waals surface area contributed by atoms with Crippen molar-refractivity contribution in [3.8, 4) is 11.3 Å². The second kappa shape index (κ2) is 10.6. The summed E-state index contributed by atoms with van der Waals surface area (Å²) in [6, 6.07) is 3.35. The summed E-state index contributed by atoms with van der Waals surface area (Å²) in [6.07, 6.45) is 2.60. The molecule has 184 valence electrons. The average Bonchev–Trinajstić information content (AvgIpc) is 3.31. The van der Waals surface area contributed by atoms with Gasteiger partial charge in [0.25, 0.3) is 5.91 Å². The van der Waals surface area contributed by atoms with E-state index in [1.165, 1.54) is 17.6 Å². The highest BCUT2D eigenvalue weighted by Crippen LogP contribution is 2.31. The number of thiazole rings is 1. The summed E-state index contributed by atoms with van der Waals surface area (Å²) in [5, 5.41) is 4.39. The van der Waals surface area contributed by atoms with E-state index in [0.717, 1.165) is 23.5 Å². The van der Waals surface area contributed by atoms with Crippen molar-refractivity contribution in [2.45, 2.75) is 19.8 Å². The molecule has 0 aliphatic carbocycles. The zero-order valence-corrected chi connectivity index (χ0v) is 20.1. The highest BCUT2D eigenvalue weighted by atomic mass is 35.5. The van der Waals surface area contributed by atoms with Gasteiger partial charge in [0, 0.05) is 30.2 Å². The molecule has 1 aliphatic heterocycles. The molecule has 1 aliphatic rings. The molecule has 0 spiro atoms. The Morgan fingerprint density at radius 1 is 1.23 bits per heavy atom. The van der Waals surface area contributed by atoms with Crippen molar-refractivity contribution in [2.75, 3.05) is 29.9 Å². The summed E-state index contributed by atoms with van der Waals surface area (Å²) < 4.78 is 45.8. The molecule has 1 aromatic carbocycles. The van der Waals surface area contributed by atoms with Gasteiger partial charge in [0.15, 0.2) is 22.6 Å². The van der Waals surface area contributed by atoms with Crippen molar-refractivity contribution >= 4 is 45.8 Å².